The molecule has 0 heterocycles. The van der Waals surface area contributed by atoms with E-state index in [1.54, 1.807) is 43.3 Å². The highest BCUT2D eigenvalue weighted by Crippen LogP contribution is 2.31. The van der Waals surface area contributed by atoms with Gasteiger partial charge in [0.2, 0.25) is 5.91 Å². The van der Waals surface area contributed by atoms with E-state index in [9.17, 15) is 13.2 Å². The topological polar surface area (TPSA) is 84.9 Å². The highest BCUT2D eigenvalue weighted by atomic mass is 32.2. The summed E-state index contributed by atoms with van der Waals surface area (Å²) in [5.41, 5.74) is 0.615. The lowest BCUT2D eigenvalue weighted by molar-refractivity contribution is -0.121. The lowest BCUT2D eigenvalue weighted by Gasteiger charge is -2.27. The molecule has 0 fully saturated rings. The smallest absolute Gasteiger partial charge is 0.268 e. The van der Waals surface area contributed by atoms with Crippen molar-refractivity contribution < 1.29 is 22.7 Å². The van der Waals surface area contributed by atoms with E-state index in [0.29, 0.717) is 11.4 Å². The van der Waals surface area contributed by atoms with Gasteiger partial charge in [-0.1, -0.05) is 6.07 Å². The number of ether oxygens (including phenoxy) is 2. The fourth-order valence-electron chi connectivity index (χ4n) is 2.76. The van der Waals surface area contributed by atoms with Gasteiger partial charge in [-0.05, 0) is 69.7 Å². The Hall–Kier alpha value is -2.74. The number of hydrogen-bond donors (Lipinski definition) is 1. The molecule has 0 aliphatic carbocycles. The second-order valence-electron chi connectivity index (χ2n) is 7.66. The average molecular weight is 421 g/mol. The summed E-state index contributed by atoms with van der Waals surface area (Å²) in [4.78, 5) is 12.6. The molecule has 2 aromatic rings. The van der Waals surface area contributed by atoms with E-state index < -0.39 is 21.5 Å². The summed E-state index contributed by atoms with van der Waals surface area (Å²) in [6.45, 7) is 6.92. The first kappa shape index (κ1) is 22.5. The van der Waals surface area contributed by atoms with Crippen LogP contribution in [0.3, 0.4) is 0 Å². The molecule has 2 rings (SSSR count). The summed E-state index contributed by atoms with van der Waals surface area (Å²) < 4.78 is 38.6. The molecule has 0 unspecified atom stereocenters. The summed E-state index contributed by atoms with van der Waals surface area (Å²) in [5, 5.41) is 2.80. The van der Waals surface area contributed by atoms with Gasteiger partial charge in [0.1, 0.15) is 22.9 Å². The number of anilines is 1. The summed E-state index contributed by atoms with van der Waals surface area (Å²) in [6.07, 6.45) is 0. The molecule has 0 aliphatic rings. The van der Waals surface area contributed by atoms with E-state index in [2.05, 4.69) is 5.32 Å². The zero-order valence-corrected chi connectivity index (χ0v) is 18.5. The van der Waals surface area contributed by atoms with E-state index in [0.717, 1.165) is 9.87 Å². The Morgan fingerprint density at radius 2 is 1.66 bits per heavy atom. The number of nitrogens with one attached hydrogen (secondary N) is 1. The molecule has 1 N–H and O–H groups in total. The minimum absolute atomic E-state index is 0.000577. The van der Waals surface area contributed by atoms with Crippen molar-refractivity contribution in [2.75, 3.05) is 25.1 Å². The normalized spacial score (nSPS) is 11.7. The van der Waals surface area contributed by atoms with Crippen molar-refractivity contribution in [3.8, 4) is 11.5 Å². The van der Waals surface area contributed by atoms with Gasteiger partial charge in [-0.25, -0.2) is 8.42 Å². The van der Waals surface area contributed by atoms with Gasteiger partial charge in [0.05, 0.1) is 19.9 Å². The Bertz CT molecular complexity index is 964. The van der Waals surface area contributed by atoms with Crippen LogP contribution >= 0.6 is 0 Å². The van der Waals surface area contributed by atoms with Crippen molar-refractivity contribution in [1.82, 2.24) is 5.32 Å². The number of carbonyl (C=O) groups excluding carboxylic acids is 1. The van der Waals surface area contributed by atoms with E-state index in [1.807, 2.05) is 20.8 Å². The van der Waals surface area contributed by atoms with Crippen LogP contribution in [0.2, 0.25) is 0 Å². The SMILES string of the molecule is COc1ccc(N(CC(=O)NC(C)(C)C)S(=O)(=O)c2cc(C)ccc2OC)cc1. The molecular weight excluding hydrogens is 392 g/mol. The summed E-state index contributed by atoms with van der Waals surface area (Å²) in [6, 6.07) is 11.4. The molecule has 29 heavy (non-hydrogen) atoms. The summed E-state index contributed by atoms with van der Waals surface area (Å²) in [7, 11) is -1.15. The zero-order valence-electron chi connectivity index (χ0n) is 17.6. The molecular formula is C21H28N2O5S. The number of benzene rings is 2. The number of methoxy groups -OCH3 is 2. The molecule has 0 bridgehead atoms. The highest BCUT2D eigenvalue weighted by Gasteiger charge is 2.31. The molecule has 7 nitrogen and oxygen atoms in total. The minimum Gasteiger partial charge on any atom is -0.497 e. The Kier molecular flexibility index (Phi) is 6.79. The van der Waals surface area contributed by atoms with Crippen LogP contribution in [0.15, 0.2) is 47.4 Å². The van der Waals surface area contributed by atoms with Crippen molar-refractivity contribution in [1.29, 1.82) is 0 Å². The molecule has 2 aromatic carbocycles. The first-order valence-electron chi connectivity index (χ1n) is 9.10. The molecule has 0 radical (unpaired) electrons. The van der Waals surface area contributed by atoms with E-state index >= 15 is 0 Å². The maximum absolute atomic E-state index is 13.6. The Labute approximate surface area is 172 Å². The van der Waals surface area contributed by atoms with Crippen molar-refractivity contribution >= 4 is 21.6 Å². The van der Waals surface area contributed by atoms with E-state index in [1.165, 1.54) is 20.3 Å². The monoisotopic (exact) mass is 420 g/mol. The predicted octanol–water partition coefficient (Wildman–Crippen LogP) is 3.12. The average Bonchev–Trinajstić information content (AvgIpc) is 2.64. The van der Waals surface area contributed by atoms with Crippen LogP contribution in [-0.4, -0.2) is 40.6 Å². The van der Waals surface area contributed by atoms with E-state index in [-0.39, 0.29) is 17.2 Å². The third-order valence-electron chi connectivity index (χ3n) is 4.05. The Balaban J connectivity index is 2.56. The van der Waals surface area contributed by atoms with E-state index in [4.69, 9.17) is 9.47 Å². The van der Waals surface area contributed by atoms with Crippen LogP contribution in [-0.2, 0) is 14.8 Å². The molecule has 0 atom stereocenters. The lowest BCUT2D eigenvalue weighted by Crippen LogP contribution is -2.47. The van der Waals surface area contributed by atoms with Crippen LogP contribution in [0.1, 0.15) is 26.3 Å². The molecule has 158 valence electrons. The van der Waals surface area contributed by atoms with Crippen LogP contribution in [0.4, 0.5) is 5.69 Å². The fraction of sp³-hybridized carbons (Fsp3) is 0.381. The largest absolute Gasteiger partial charge is 0.497 e. The van der Waals surface area contributed by atoms with Gasteiger partial charge in [0.15, 0.2) is 0 Å². The zero-order chi connectivity index (χ0) is 21.8. The first-order chi connectivity index (χ1) is 13.5. The van der Waals surface area contributed by atoms with Gasteiger partial charge in [0.25, 0.3) is 10.0 Å². The molecule has 0 saturated carbocycles. The summed E-state index contributed by atoms with van der Waals surface area (Å²) >= 11 is 0. The first-order valence-corrected chi connectivity index (χ1v) is 10.5. The predicted molar refractivity (Wildman–Crippen MR) is 113 cm³/mol. The standard InChI is InChI=1S/C21H28N2O5S/c1-15-7-12-18(28-6)19(13-15)29(25,26)23(14-20(24)22-21(2,3)4)16-8-10-17(27-5)11-9-16/h7-13H,14H2,1-6H3,(H,22,24). The highest BCUT2D eigenvalue weighted by molar-refractivity contribution is 7.93. The second kappa shape index (κ2) is 8.73. The van der Waals surface area contributed by atoms with Crippen LogP contribution < -0.4 is 19.1 Å². The van der Waals surface area contributed by atoms with Gasteiger partial charge < -0.3 is 14.8 Å². The fourth-order valence-corrected chi connectivity index (χ4v) is 4.42. The van der Waals surface area contributed by atoms with Crippen molar-refractivity contribution in [2.24, 2.45) is 0 Å². The molecule has 0 spiro atoms. The number of aryl methyl sites for hydroxylation is 1. The number of amides is 1. The van der Waals surface area contributed by atoms with Crippen LogP contribution in [0.5, 0.6) is 11.5 Å². The van der Waals surface area contributed by atoms with Crippen LogP contribution in [0.25, 0.3) is 0 Å². The Morgan fingerprint density at radius 1 is 1.03 bits per heavy atom. The van der Waals surface area contributed by atoms with Gasteiger partial charge >= 0.3 is 0 Å². The third-order valence-corrected chi connectivity index (χ3v) is 5.84. The van der Waals surface area contributed by atoms with Gasteiger partial charge in [-0.15, -0.1) is 0 Å². The number of hydrogen-bond acceptors (Lipinski definition) is 5. The summed E-state index contributed by atoms with van der Waals surface area (Å²) in [5.74, 6) is 0.382. The Morgan fingerprint density at radius 3 is 2.17 bits per heavy atom. The van der Waals surface area contributed by atoms with Gasteiger partial charge in [-0.3, -0.25) is 9.10 Å². The minimum atomic E-state index is -4.08. The van der Waals surface area contributed by atoms with Crippen molar-refractivity contribution in [3.63, 3.8) is 0 Å². The molecule has 1 amide bonds. The van der Waals surface area contributed by atoms with Gasteiger partial charge in [0, 0.05) is 5.54 Å². The van der Waals surface area contributed by atoms with Crippen molar-refractivity contribution in [3.05, 3.63) is 48.0 Å². The second-order valence-corrected chi connectivity index (χ2v) is 9.49. The molecule has 0 aromatic heterocycles. The number of rotatable bonds is 7. The molecule has 0 aliphatic heterocycles. The molecule has 0 saturated heterocycles. The maximum atomic E-state index is 13.6. The van der Waals surface area contributed by atoms with Gasteiger partial charge in [-0.2, -0.15) is 0 Å². The quantitative estimate of drug-likeness (QED) is 0.744. The number of sulfonamides is 1. The van der Waals surface area contributed by atoms with Crippen LogP contribution in [0, 0.1) is 6.92 Å². The van der Waals surface area contributed by atoms with Crippen molar-refractivity contribution in [2.45, 2.75) is 38.1 Å². The molecule has 8 heteroatoms. The number of nitrogens with zero attached hydrogens (tertiary/aromatic N) is 1. The number of carbonyl (C=O) groups is 1. The lowest BCUT2D eigenvalue weighted by atomic mass is 10.1. The third kappa shape index (κ3) is 5.63. The maximum Gasteiger partial charge on any atom is 0.268 e.